The maximum absolute atomic E-state index is 12.9. The highest BCUT2D eigenvalue weighted by Gasteiger charge is 2.35. The van der Waals surface area contributed by atoms with Gasteiger partial charge in [-0.1, -0.05) is 35.4 Å². The molecule has 4 rings (SSSR count). The number of tetrazole rings is 1. The average Bonchev–Trinajstić information content (AvgIpc) is 3.18. The quantitative estimate of drug-likeness (QED) is 0.740. The van der Waals surface area contributed by atoms with Crippen molar-refractivity contribution >= 4 is 17.5 Å². The van der Waals surface area contributed by atoms with Crippen molar-refractivity contribution in [3.8, 4) is 0 Å². The van der Waals surface area contributed by atoms with Crippen molar-refractivity contribution in [2.45, 2.75) is 52.2 Å². The lowest BCUT2D eigenvalue weighted by molar-refractivity contribution is 0.0934. The van der Waals surface area contributed by atoms with E-state index >= 15 is 0 Å². The number of anilines is 2. The third kappa shape index (κ3) is 3.60. The second-order valence-electron chi connectivity index (χ2n) is 8.40. The van der Waals surface area contributed by atoms with E-state index < -0.39 is 0 Å². The van der Waals surface area contributed by atoms with Crippen LogP contribution < -0.4 is 10.2 Å². The molecule has 29 heavy (non-hydrogen) atoms. The van der Waals surface area contributed by atoms with Crippen LogP contribution in [0, 0.1) is 6.92 Å². The van der Waals surface area contributed by atoms with E-state index in [1.165, 1.54) is 11.1 Å². The Kier molecular flexibility index (Phi) is 4.82. The van der Waals surface area contributed by atoms with Gasteiger partial charge in [-0.3, -0.25) is 9.69 Å². The Morgan fingerprint density at radius 3 is 2.59 bits per heavy atom. The second kappa shape index (κ2) is 7.31. The van der Waals surface area contributed by atoms with E-state index in [1.807, 2.05) is 41.1 Å². The van der Waals surface area contributed by atoms with Crippen LogP contribution in [0.4, 0.5) is 11.6 Å². The highest BCUT2D eigenvalue weighted by molar-refractivity contribution is 5.94. The Morgan fingerprint density at radius 2 is 1.86 bits per heavy atom. The highest BCUT2D eigenvalue weighted by Crippen LogP contribution is 2.37. The zero-order valence-corrected chi connectivity index (χ0v) is 17.3. The van der Waals surface area contributed by atoms with Gasteiger partial charge in [0.1, 0.15) is 6.17 Å². The van der Waals surface area contributed by atoms with Crippen LogP contribution in [0.2, 0.25) is 0 Å². The first-order chi connectivity index (χ1) is 13.9. The molecule has 1 N–H and O–H groups in total. The summed E-state index contributed by atoms with van der Waals surface area (Å²) in [5.41, 5.74) is 3.87. The van der Waals surface area contributed by atoms with Gasteiger partial charge in [0.05, 0.1) is 5.54 Å². The van der Waals surface area contributed by atoms with E-state index in [9.17, 15) is 4.79 Å². The second-order valence-corrected chi connectivity index (χ2v) is 8.40. The standard InChI is InChI=1S/C22H26N6O/c1-15-9-8-12-18-17(15)13-14-19(23-20(29)16-10-6-5-7-11-16)27(18)21-24-25-26-28(21)22(2,3)4/h5-12,19H,13-14H2,1-4H3,(H,23,29). The fraction of sp³-hybridized carbons (Fsp3) is 0.364. The van der Waals surface area contributed by atoms with Crippen LogP contribution in [0.25, 0.3) is 0 Å². The zero-order valence-electron chi connectivity index (χ0n) is 17.3. The van der Waals surface area contributed by atoms with Gasteiger partial charge in [-0.2, -0.15) is 0 Å². The van der Waals surface area contributed by atoms with E-state index in [-0.39, 0.29) is 17.6 Å². The summed E-state index contributed by atoms with van der Waals surface area (Å²) in [6.45, 7) is 8.30. The van der Waals surface area contributed by atoms with Crippen LogP contribution in [0.3, 0.4) is 0 Å². The monoisotopic (exact) mass is 390 g/mol. The molecule has 0 aliphatic carbocycles. The number of hydrogen-bond donors (Lipinski definition) is 1. The minimum Gasteiger partial charge on any atom is -0.331 e. The summed E-state index contributed by atoms with van der Waals surface area (Å²) >= 11 is 0. The van der Waals surface area contributed by atoms with Gasteiger partial charge < -0.3 is 5.32 Å². The topological polar surface area (TPSA) is 75.9 Å². The summed E-state index contributed by atoms with van der Waals surface area (Å²) in [6.07, 6.45) is 1.41. The van der Waals surface area contributed by atoms with Gasteiger partial charge >= 0.3 is 0 Å². The van der Waals surface area contributed by atoms with E-state index in [4.69, 9.17) is 0 Å². The van der Waals surface area contributed by atoms with Gasteiger partial charge in [0, 0.05) is 11.3 Å². The fourth-order valence-electron chi connectivity index (χ4n) is 3.79. The molecule has 7 nitrogen and oxygen atoms in total. The van der Waals surface area contributed by atoms with Crippen molar-refractivity contribution < 1.29 is 4.79 Å². The van der Waals surface area contributed by atoms with Gasteiger partial charge in [-0.25, -0.2) is 4.68 Å². The Hall–Kier alpha value is -3.22. The van der Waals surface area contributed by atoms with E-state index in [0.29, 0.717) is 11.5 Å². The first-order valence-electron chi connectivity index (χ1n) is 9.89. The molecule has 3 aromatic rings. The Morgan fingerprint density at radius 1 is 1.10 bits per heavy atom. The molecular weight excluding hydrogens is 364 g/mol. The number of carbonyl (C=O) groups is 1. The molecule has 0 saturated carbocycles. The molecular formula is C22H26N6O. The van der Waals surface area contributed by atoms with Crippen LogP contribution in [0.15, 0.2) is 48.5 Å². The number of hydrogen-bond acceptors (Lipinski definition) is 5. The minimum atomic E-state index is -0.297. The van der Waals surface area contributed by atoms with Gasteiger partial charge in [0.2, 0.25) is 0 Å². The molecule has 0 bridgehead atoms. The number of amides is 1. The molecule has 2 heterocycles. The van der Waals surface area contributed by atoms with E-state index in [1.54, 1.807) is 0 Å². The number of fused-ring (bicyclic) bond motifs is 1. The van der Waals surface area contributed by atoms with Gasteiger partial charge in [-0.05, 0) is 80.3 Å². The van der Waals surface area contributed by atoms with Crippen molar-refractivity contribution in [2.75, 3.05) is 4.90 Å². The molecule has 0 saturated heterocycles. The first kappa shape index (κ1) is 19.1. The van der Waals surface area contributed by atoms with Crippen LogP contribution in [0.1, 0.15) is 48.7 Å². The Bertz CT molecular complexity index is 1020. The maximum Gasteiger partial charge on any atom is 0.252 e. The van der Waals surface area contributed by atoms with Crippen LogP contribution >= 0.6 is 0 Å². The fourth-order valence-corrected chi connectivity index (χ4v) is 3.79. The predicted molar refractivity (Wildman–Crippen MR) is 112 cm³/mol. The number of rotatable bonds is 3. The smallest absolute Gasteiger partial charge is 0.252 e. The molecule has 1 aliphatic heterocycles. The normalized spacial score (nSPS) is 16.4. The number of nitrogens with one attached hydrogen (secondary N) is 1. The SMILES string of the molecule is Cc1cccc2c1CCC(NC(=O)c1ccccc1)N2c1nnnn1C(C)(C)C. The summed E-state index contributed by atoms with van der Waals surface area (Å²) in [5.74, 6) is 0.522. The summed E-state index contributed by atoms with van der Waals surface area (Å²) in [6, 6.07) is 15.5. The largest absolute Gasteiger partial charge is 0.331 e. The molecule has 1 aromatic heterocycles. The summed E-state index contributed by atoms with van der Waals surface area (Å²) in [4.78, 5) is 15.0. The lowest BCUT2D eigenvalue weighted by Gasteiger charge is -2.39. The number of aromatic nitrogens is 4. The number of carbonyl (C=O) groups excluding carboxylic acids is 1. The van der Waals surface area contributed by atoms with E-state index in [0.717, 1.165) is 18.5 Å². The summed E-state index contributed by atoms with van der Waals surface area (Å²) < 4.78 is 1.81. The predicted octanol–water partition coefficient (Wildman–Crippen LogP) is 3.58. The average molecular weight is 390 g/mol. The highest BCUT2D eigenvalue weighted by atomic mass is 16.1. The van der Waals surface area contributed by atoms with Crippen molar-refractivity contribution in [1.82, 2.24) is 25.5 Å². The molecule has 2 aromatic carbocycles. The molecule has 1 atom stereocenters. The van der Waals surface area contributed by atoms with Gasteiger partial charge in [-0.15, -0.1) is 0 Å². The van der Waals surface area contributed by atoms with Crippen molar-refractivity contribution in [3.05, 3.63) is 65.2 Å². The summed E-state index contributed by atoms with van der Waals surface area (Å²) in [7, 11) is 0. The lowest BCUT2D eigenvalue weighted by atomic mass is 9.95. The van der Waals surface area contributed by atoms with Crippen molar-refractivity contribution in [1.29, 1.82) is 0 Å². The Labute approximate surface area is 170 Å². The van der Waals surface area contributed by atoms with Crippen molar-refractivity contribution in [2.24, 2.45) is 0 Å². The molecule has 7 heteroatoms. The minimum absolute atomic E-state index is 0.105. The van der Waals surface area contributed by atoms with Crippen LogP contribution in [-0.4, -0.2) is 32.3 Å². The number of benzene rings is 2. The molecule has 1 aliphatic rings. The number of nitrogens with zero attached hydrogens (tertiary/aromatic N) is 5. The van der Waals surface area contributed by atoms with E-state index in [2.05, 4.69) is 65.6 Å². The Balaban J connectivity index is 1.77. The molecule has 150 valence electrons. The first-order valence-corrected chi connectivity index (χ1v) is 9.89. The molecule has 0 radical (unpaired) electrons. The third-order valence-corrected chi connectivity index (χ3v) is 5.26. The van der Waals surface area contributed by atoms with Gasteiger partial charge in [0.15, 0.2) is 0 Å². The molecule has 0 fully saturated rings. The maximum atomic E-state index is 12.9. The summed E-state index contributed by atoms with van der Waals surface area (Å²) in [5, 5.41) is 15.7. The molecule has 1 unspecified atom stereocenters. The molecule has 0 spiro atoms. The third-order valence-electron chi connectivity index (χ3n) is 5.26. The van der Waals surface area contributed by atoms with Gasteiger partial charge in [0.25, 0.3) is 11.9 Å². The van der Waals surface area contributed by atoms with Crippen LogP contribution in [0.5, 0.6) is 0 Å². The molecule has 1 amide bonds. The van der Waals surface area contributed by atoms with Crippen molar-refractivity contribution in [3.63, 3.8) is 0 Å². The lowest BCUT2D eigenvalue weighted by Crippen LogP contribution is -2.50. The number of aryl methyl sites for hydroxylation is 1. The zero-order chi connectivity index (χ0) is 20.6. The van der Waals surface area contributed by atoms with Crippen LogP contribution in [-0.2, 0) is 12.0 Å².